The van der Waals surface area contributed by atoms with Gasteiger partial charge in [0.05, 0.1) is 10.7 Å². The van der Waals surface area contributed by atoms with Gasteiger partial charge in [0, 0.05) is 23.1 Å². The number of nitrogens with one attached hydrogen (secondary N) is 2. The molecule has 0 radical (unpaired) electrons. The maximum Gasteiger partial charge on any atom is 0.266 e. The number of benzene rings is 2. The van der Waals surface area contributed by atoms with Crippen molar-refractivity contribution in [3.05, 3.63) is 69.4 Å². The highest BCUT2D eigenvalue weighted by molar-refractivity contribution is 7.93. The van der Waals surface area contributed by atoms with Gasteiger partial charge in [-0.2, -0.15) is 0 Å². The molecule has 2 N–H and O–H groups in total. The van der Waals surface area contributed by atoms with Crippen LogP contribution < -0.4 is 10.0 Å². The normalized spacial score (nSPS) is 12.5. The van der Waals surface area contributed by atoms with E-state index in [4.69, 9.17) is 23.2 Å². The third kappa shape index (κ3) is 5.85. The molecule has 1 aromatic heterocycles. The van der Waals surface area contributed by atoms with Crippen LogP contribution in [-0.2, 0) is 16.4 Å². The second-order valence-electron chi connectivity index (χ2n) is 6.69. The Kier molecular flexibility index (Phi) is 7.57. The van der Waals surface area contributed by atoms with Gasteiger partial charge in [0.2, 0.25) is 0 Å². The van der Waals surface area contributed by atoms with Crippen LogP contribution in [0.4, 0.5) is 15.2 Å². The maximum atomic E-state index is 14.6. The SMILES string of the molecule is CC[C@H](CNc1cc(F)c(S(=O)(=O)Nc2nccs2)cc1Cl)Cc1ccc(Cl)cc1. The van der Waals surface area contributed by atoms with Gasteiger partial charge in [0.15, 0.2) is 5.13 Å². The first-order valence-electron chi connectivity index (χ1n) is 9.18. The van der Waals surface area contributed by atoms with Crippen molar-refractivity contribution in [3.63, 3.8) is 0 Å². The highest BCUT2D eigenvalue weighted by Gasteiger charge is 2.22. The van der Waals surface area contributed by atoms with Gasteiger partial charge in [-0.1, -0.05) is 48.7 Å². The van der Waals surface area contributed by atoms with Gasteiger partial charge >= 0.3 is 0 Å². The molecule has 0 saturated carbocycles. The highest BCUT2D eigenvalue weighted by Crippen LogP contribution is 2.30. The maximum absolute atomic E-state index is 14.6. The van der Waals surface area contributed by atoms with E-state index in [1.54, 1.807) is 5.38 Å². The van der Waals surface area contributed by atoms with Gasteiger partial charge in [-0.05, 0) is 42.2 Å². The fourth-order valence-electron chi connectivity index (χ4n) is 2.88. The first-order valence-corrected chi connectivity index (χ1v) is 12.3. The van der Waals surface area contributed by atoms with E-state index in [0.29, 0.717) is 17.3 Å². The summed E-state index contributed by atoms with van der Waals surface area (Å²) in [5, 5.41) is 5.71. The Bertz CT molecular complexity index is 1090. The van der Waals surface area contributed by atoms with Gasteiger partial charge in [0.25, 0.3) is 10.0 Å². The Hall–Kier alpha value is -1.87. The molecule has 0 aliphatic carbocycles. The molecule has 10 heteroatoms. The Labute approximate surface area is 189 Å². The second-order valence-corrected chi connectivity index (χ2v) is 10.1. The van der Waals surface area contributed by atoms with Crippen LogP contribution in [0.5, 0.6) is 0 Å². The van der Waals surface area contributed by atoms with Crippen molar-refractivity contribution in [1.29, 1.82) is 0 Å². The average Bonchev–Trinajstić information content (AvgIpc) is 3.20. The number of thiazole rings is 1. The van der Waals surface area contributed by atoms with E-state index >= 15 is 0 Å². The first-order chi connectivity index (χ1) is 14.3. The standard InChI is InChI=1S/C20H20Cl2FN3O2S2/c1-2-13(9-14-3-5-15(21)6-4-14)12-25-18-11-17(23)19(10-16(18)22)30(27,28)26-20-24-7-8-29-20/h3-8,10-11,13,25H,2,9,12H2,1H3,(H,24,26)/t13-/m0/s1. The molecule has 0 amide bonds. The number of nitrogens with zero attached hydrogens (tertiary/aromatic N) is 1. The number of hydrogen-bond acceptors (Lipinski definition) is 5. The topological polar surface area (TPSA) is 71.1 Å². The van der Waals surface area contributed by atoms with Crippen LogP contribution in [0, 0.1) is 11.7 Å². The Morgan fingerprint density at radius 3 is 2.57 bits per heavy atom. The fraction of sp³-hybridized carbons (Fsp3) is 0.250. The molecule has 0 spiro atoms. The van der Waals surface area contributed by atoms with E-state index in [-0.39, 0.29) is 16.1 Å². The quantitative estimate of drug-likeness (QED) is 0.384. The second kappa shape index (κ2) is 9.96. The number of sulfonamides is 1. The van der Waals surface area contributed by atoms with Crippen LogP contribution in [0.2, 0.25) is 10.0 Å². The largest absolute Gasteiger partial charge is 0.383 e. The molecule has 0 fully saturated rings. The molecule has 0 saturated heterocycles. The van der Waals surface area contributed by atoms with Gasteiger partial charge in [-0.25, -0.2) is 17.8 Å². The molecule has 0 aliphatic heterocycles. The van der Waals surface area contributed by atoms with Crippen LogP contribution in [0.15, 0.2) is 52.9 Å². The minimum absolute atomic E-state index is 0.122. The van der Waals surface area contributed by atoms with Crippen molar-refractivity contribution in [2.24, 2.45) is 5.92 Å². The molecule has 1 atom stereocenters. The number of rotatable bonds is 9. The monoisotopic (exact) mass is 487 g/mol. The van der Waals surface area contributed by atoms with E-state index in [0.717, 1.165) is 41.9 Å². The lowest BCUT2D eigenvalue weighted by Crippen LogP contribution is -2.18. The molecular formula is C20H20Cl2FN3O2S2. The number of halogens is 3. The lowest BCUT2D eigenvalue weighted by atomic mass is 9.97. The van der Waals surface area contributed by atoms with E-state index in [1.165, 1.54) is 6.20 Å². The van der Waals surface area contributed by atoms with Crippen LogP contribution in [0.25, 0.3) is 0 Å². The summed E-state index contributed by atoms with van der Waals surface area (Å²) in [6, 6.07) is 9.87. The zero-order valence-electron chi connectivity index (χ0n) is 16.0. The van der Waals surface area contributed by atoms with E-state index in [2.05, 4.69) is 21.9 Å². The predicted octanol–water partition coefficient (Wildman–Crippen LogP) is 6.07. The molecule has 5 nitrogen and oxygen atoms in total. The summed E-state index contributed by atoms with van der Waals surface area (Å²) in [6.07, 6.45) is 3.18. The highest BCUT2D eigenvalue weighted by atomic mass is 35.5. The third-order valence-electron chi connectivity index (χ3n) is 4.56. The minimum atomic E-state index is -4.13. The summed E-state index contributed by atoms with van der Waals surface area (Å²) in [4.78, 5) is 3.32. The Balaban J connectivity index is 1.70. The van der Waals surface area contributed by atoms with E-state index in [1.807, 2.05) is 24.3 Å². The summed E-state index contributed by atoms with van der Waals surface area (Å²) < 4.78 is 41.7. The van der Waals surface area contributed by atoms with Crippen molar-refractivity contribution in [2.75, 3.05) is 16.6 Å². The van der Waals surface area contributed by atoms with Crippen molar-refractivity contribution in [1.82, 2.24) is 4.98 Å². The Morgan fingerprint density at radius 1 is 1.20 bits per heavy atom. The number of aromatic nitrogens is 1. The molecule has 0 unspecified atom stereocenters. The molecule has 3 rings (SSSR count). The van der Waals surface area contributed by atoms with Gasteiger partial charge < -0.3 is 5.32 Å². The molecular weight excluding hydrogens is 468 g/mol. The van der Waals surface area contributed by atoms with Gasteiger partial charge in [-0.3, -0.25) is 4.72 Å². The molecule has 1 heterocycles. The molecule has 30 heavy (non-hydrogen) atoms. The summed E-state index contributed by atoms with van der Waals surface area (Å²) in [7, 11) is -4.13. The smallest absolute Gasteiger partial charge is 0.266 e. The molecule has 0 bridgehead atoms. The molecule has 2 aromatic carbocycles. The lowest BCUT2D eigenvalue weighted by Gasteiger charge is -2.18. The Morgan fingerprint density at radius 2 is 1.93 bits per heavy atom. The third-order valence-corrected chi connectivity index (χ3v) is 7.30. The minimum Gasteiger partial charge on any atom is -0.383 e. The first kappa shape index (κ1) is 22.8. The summed E-state index contributed by atoms with van der Waals surface area (Å²) in [5.74, 6) is -0.614. The van der Waals surface area contributed by atoms with Gasteiger partial charge in [-0.15, -0.1) is 11.3 Å². The van der Waals surface area contributed by atoms with Crippen LogP contribution in [0.3, 0.4) is 0 Å². The summed E-state index contributed by atoms with van der Waals surface area (Å²) in [6.45, 7) is 2.63. The van der Waals surface area contributed by atoms with Crippen LogP contribution >= 0.6 is 34.5 Å². The van der Waals surface area contributed by atoms with Crippen LogP contribution in [-0.4, -0.2) is 19.9 Å². The number of hydrogen-bond donors (Lipinski definition) is 2. The van der Waals surface area contributed by atoms with E-state index < -0.39 is 20.7 Å². The zero-order valence-corrected chi connectivity index (χ0v) is 19.2. The van der Waals surface area contributed by atoms with Crippen LogP contribution in [0.1, 0.15) is 18.9 Å². The number of anilines is 2. The van der Waals surface area contributed by atoms with E-state index in [9.17, 15) is 12.8 Å². The van der Waals surface area contributed by atoms with Crippen molar-refractivity contribution < 1.29 is 12.8 Å². The van der Waals surface area contributed by atoms with Gasteiger partial charge in [0.1, 0.15) is 10.7 Å². The predicted molar refractivity (Wildman–Crippen MR) is 122 cm³/mol. The molecule has 3 aromatic rings. The molecule has 160 valence electrons. The van der Waals surface area contributed by atoms with Crippen molar-refractivity contribution >= 4 is 55.4 Å². The lowest BCUT2D eigenvalue weighted by molar-refractivity contribution is 0.533. The summed E-state index contributed by atoms with van der Waals surface area (Å²) in [5.41, 5.74) is 1.50. The summed E-state index contributed by atoms with van der Waals surface area (Å²) >= 11 is 13.3. The average molecular weight is 488 g/mol. The zero-order chi connectivity index (χ0) is 21.7. The van der Waals surface area contributed by atoms with Crippen molar-refractivity contribution in [3.8, 4) is 0 Å². The molecule has 0 aliphatic rings. The fourth-order valence-corrected chi connectivity index (χ4v) is 5.18. The van der Waals surface area contributed by atoms with Crippen molar-refractivity contribution in [2.45, 2.75) is 24.7 Å².